The van der Waals surface area contributed by atoms with Crippen molar-refractivity contribution in [1.82, 2.24) is 14.2 Å². The van der Waals surface area contributed by atoms with Crippen molar-refractivity contribution >= 4 is 28.1 Å². The Labute approximate surface area is 324 Å². The van der Waals surface area contributed by atoms with Crippen LogP contribution in [0, 0.1) is 29.1 Å². The number of aromatic amines is 1. The molecule has 18 nitrogen and oxygen atoms in total. The first-order valence-corrected chi connectivity index (χ1v) is 20.6. The normalized spacial score (nSPS) is 20.0. The van der Waals surface area contributed by atoms with Crippen LogP contribution in [-0.2, 0) is 55.9 Å². The first-order chi connectivity index (χ1) is 25.6. The van der Waals surface area contributed by atoms with Crippen LogP contribution in [0.2, 0.25) is 0 Å². The van der Waals surface area contributed by atoms with Gasteiger partial charge in [-0.2, -0.15) is 5.26 Å². The summed E-state index contributed by atoms with van der Waals surface area (Å²) in [5.74, 6) is -0.235. The van der Waals surface area contributed by atoms with E-state index in [-0.39, 0.29) is 43.9 Å². The van der Waals surface area contributed by atoms with Crippen molar-refractivity contribution in [2.24, 2.45) is 10.8 Å². The molecule has 0 bridgehead atoms. The molecule has 0 aromatic carbocycles. The zero-order valence-electron chi connectivity index (χ0n) is 33.9. The number of ether oxygens (including phenoxy) is 5. The molecule has 55 heavy (non-hydrogen) atoms. The fourth-order valence-corrected chi connectivity index (χ4v) is 7.61. The average molecular weight is 821 g/mol. The molecular weight excluding hydrogens is 762 g/mol. The van der Waals surface area contributed by atoms with Crippen LogP contribution in [0.4, 0.5) is 0 Å². The Hall–Kier alpha value is -2.81. The third kappa shape index (κ3) is 14.9. The molecule has 1 fully saturated rings. The number of methoxy groups -OCH3 is 1. The molecule has 20 heteroatoms. The molecule has 2 heterocycles. The van der Waals surface area contributed by atoms with Crippen LogP contribution >= 0.6 is 16.1 Å². The van der Waals surface area contributed by atoms with Crippen LogP contribution in [-0.4, -0.2) is 97.1 Å². The minimum atomic E-state index is -4.40. The molecule has 5 atom stereocenters. The Kier molecular flexibility index (Phi) is 19.0. The van der Waals surface area contributed by atoms with Crippen LogP contribution in [0.1, 0.15) is 87.4 Å². The van der Waals surface area contributed by atoms with E-state index in [1.165, 1.54) is 26.3 Å². The number of hydrogen-bond acceptors (Lipinski definition) is 16. The molecule has 0 aliphatic carbocycles. The lowest BCUT2D eigenvalue weighted by Crippen LogP contribution is -2.42. The van der Waals surface area contributed by atoms with Crippen molar-refractivity contribution in [1.29, 1.82) is 5.26 Å². The predicted octanol–water partition coefficient (Wildman–Crippen LogP) is 5.27. The lowest BCUT2D eigenvalue weighted by Gasteiger charge is -2.38. The predicted molar refractivity (Wildman–Crippen MR) is 201 cm³/mol. The minimum Gasteiger partial charge on any atom is -0.438 e. The summed E-state index contributed by atoms with van der Waals surface area (Å²) in [6.07, 6.45) is -1.84. The second-order valence-corrected chi connectivity index (χ2v) is 18.5. The zero-order valence-corrected chi connectivity index (χ0v) is 35.7. The van der Waals surface area contributed by atoms with Gasteiger partial charge >= 0.3 is 25.2 Å². The maximum absolute atomic E-state index is 14.2. The van der Waals surface area contributed by atoms with Gasteiger partial charge in [0.25, 0.3) is 14.1 Å². The summed E-state index contributed by atoms with van der Waals surface area (Å²) in [5.41, 5.74) is -2.96. The second kappa shape index (κ2) is 21.6. The highest BCUT2D eigenvalue weighted by Gasteiger charge is 2.49. The van der Waals surface area contributed by atoms with E-state index in [9.17, 15) is 29.0 Å². The monoisotopic (exact) mass is 820 g/mol. The highest BCUT2D eigenvalue weighted by molar-refractivity contribution is 7.57. The van der Waals surface area contributed by atoms with Gasteiger partial charge in [0, 0.05) is 36.8 Å². The van der Waals surface area contributed by atoms with E-state index in [0.717, 1.165) is 10.4 Å². The first-order valence-electron chi connectivity index (χ1n) is 17.8. The van der Waals surface area contributed by atoms with Crippen LogP contribution in [0.25, 0.3) is 0 Å². The quantitative estimate of drug-likeness (QED) is 0.0723. The lowest BCUT2D eigenvalue weighted by atomic mass is 9.98. The number of nitrogens with zero attached hydrogens (tertiary/aromatic N) is 3. The molecular formula is C35H58N4O14P2. The van der Waals surface area contributed by atoms with E-state index < -0.39 is 88.3 Å². The maximum atomic E-state index is 14.2. The Balaban J connectivity index is 2.71. The molecule has 1 saturated heterocycles. The lowest BCUT2D eigenvalue weighted by molar-refractivity contribution is -0.161. The molecule has 1 aromatic rings. The van der Waals surface area contributed by atoms with E-state index in [1.54, 1.807) is 41.5 Å². The van der Waals surface area contributed by atoms with Gasteiger partial charge in [-0.1, -0.05) is 0 Å². The smallest absolute Gasteiger partial charge is 0.359 e. The average Bonchev–Trinajstić information content (AvgIpc) is 3.40. The topological polar surface area (TPSA) is 216 Å². The van der Waals surface area contributed by atoms with Gasteiger partial charge in [-0.3, -0.25) is 37.5 Å². The molecule has 0 amide bonds. The molecule has 312 valence electrons. The van der Waals surface area contributed by atoms with Gasteiger partial charge in [-0.05, 0) is 82.2 Å². The first kappa shape index (κ1) is 48.3. The largest absolute Gasteiger partial charge is 0.438 e. The number of carbonyl (C=O) groups excluding carboxylic acids is 2. The van der Waals surface area contributed by atoms with E-state index >= 15 is 0 Å². The summed E-state index contributed by atoms with van der Waals surface area (Å²) >= 11 is 0. The summed E-state index contributed by atoms with van der Waals surface area (Å²) in [6.45, 7) is 17.8. The van der Waals surface area contributed by atoms with Crippen LogP contribution in [0.3, 0.4) is 0 Å². The fraction of sp³-hybridized carbons (Fsp3) is 0.743. The Morgan fingerprint density at radius 2 is 1.56 bits per heavy atom. The summed E-state index contributed by atoms with van der Waals surface area (Å²) in [7, 11) is -4.85. The zero-order chi connectivity index (χ0) is 41.7. The van der Waals surface area contributed by atoms with Crippen molar-refractivity contribution in [3.63, 3.8) is 0 Å². The minimum absolute atomic E-state index is 0.0305. The fourth-order valence-electron chi connectivity index (χ4n) is 4.84. The van der Waals surface area contributed by atoms with E-state index in [2.05, 4.69) is 11.1 Å². The third-order valence-corrected chi connectivity index (χ3v) is 11.2. The SMILES string of the molecule is COCCOC1C(OP(OCCC#N)N(C(C)C)C(C)C)[C@@H](/C=C/P(=O)(OCOC(=O)C(C)(C)C)OCOC(=O)C(C)(C)C)O[C@H]1n1cc(C)c(=O)[nH]c1=O. The van der Waals surface area contributed by atoms with Gasteiger partial charge < -0.3 is 32.7 Å². The molecule has 1 aromatic heterocycles. The van der Waals surface area contributed by atoms with Gasteiger partial charge in [0.2, 0.25) is 13.6 Å². The molecule has 0 saturated carbocycles. The van der Waals surface area contributed by atoms with Gasteiger partial charge in [0.15, 0.2) is 6.23 Å². The molecule has 2 rings (SSSR count). The van der Waals surface area contributed by atoms with E-state index in [4.69, 9.17) is 41.8 Å². The number of hydrogen-bond donors (Lipinski definition) is 1. The summed E-state index contributed by atoms with van der Waals surface area (Å²) in [5, 5.41) is 9.26. The molecule has 1 aliphatic rings. The van der Waals surface area contributed by atoms with Gasteiger partial charge in [-0.15, -0.1) is 0 Å². The van der Waals surface area contributed by atoms with E-state index in [0.29, 0.717) is 0 Å². The summed E-state index contributed by atoms with van der Waals surface area (Å²) in [4.78, 5) is 52.7. The Morgan fingerprint density at radius 3 is 2.05 bits per heavy atom. The number of nitrogens with one attached hydrogen (secondary N) is 1. The third-order valence-electron chi connectivity index (χ3n) is 7.65. The maximum Gasteiger partial charge on any atom is 0.359 e. The van der Waals surface area contributed by atoms with Crippen molar-refractivity contribution in [3.8, 4) is 6.07 Å². The number of carbonyl (C=O) groups is 2. The highest BCUT2D eigenvalue weighted by Crippen LogP contribution is 2.53. The summed E-state index contributed by atoms with van der Waals surface area (Å²) in [6, 6.07) is 1.88. The van der Waals surface area contributed by atoms with Crippen LogP contribution in [0.15, 0.2) is 27.7 Å². The van der Waals surface area contributed by atoms with Crippen LogP contribution < -0.4 is 11.2 Å². The highest BCUT2D eigenvalue weighted by atomic mass is 31.2. The number of esters is 2. The second-order valence-electron chi connectivity index (χ2n) is 15.2. The van der Waals surface area contributed by atoms with E-state index in [1.807, 2.05) is 32.4 Å². The van der Waals surface area contributed by atoms with Crippen molar-refractivity contribution in [3.05, 3.63) is 44.5 Å². The standard InChI is InChI=1S/C35H58N4O14P2/c1-23(2)39(24(3)4)54(49-16-13-15-36)53-27-26(52-30(28(27)46-18-17-45-12)38-20-25(5)29(40)37-33(38)43)14-19-55(44,50-21-47-31(41)34(6,7)8)51-22-48-32(42)35(9,10)11/h14,19-20,23-24,26-28,30H,13,16-18,21-22H2,1-12H3,(H,37,40,43)/b19-14+/t26-,27?,28?,30-,54?/m1/s1. The number of aryl methyl sites for hydroxylation is 1. The van der Waals surface area contributed by atoms with Gasteiger partial charge in [-0.25, -0.2) is 9.46 Å². The Bertz CT molecular complexity index is 1600. The number of nitriles is 1. The molecule has 0 spiro atoms. The number of aromatic nitrogens is 2. The molecule has 1 N–H and O–H groups in total. The summed E-state index contributed by atoms with van der Waals surface area (Å²) < 4.78 is 69.4. The van der Waals surface area contributed by atoms with Crippen LogP contribution in [0.5, 0.6) is 0 Å². The molecule has 3 unspecified atom stereocenters. The van der Waals surface area contributed by atoms with Crippen molar-refractivity contribution < 1.29 is 55.9 Å². The molecule has 0 radical (unpaired) electrons. The molecule has 1 aliphatic heterocycles. The Morgan fingerprint density at radius 1 is 1.00 bits per heavy atom. The number of rotatable bonds is 21. The van der Waals surface area contributed by atoms with Crippen molar-refractivity contribution in [2.75, 3.05) is 40.5 Å². The van der Waals surface area contributed by atoms with Crippen molar-refractivity contribution in [2.45, 2.75) is 119 Å². The number of H-pyrrole nitrogens is 1. The van der Waals surface area contributed by atoms with Gasteiger partial charge in [0.1, 0.15) is 18.3 Å². The van der Waals surface area contributed by atoms with Gasteiger partial charge in [0.05, 0.1) is 43.1 Å².